The average Bonchev–Trinajstić information content (AvgIpc) is 2.28. The van der Waals surface area contributed by atoms with Crippen molar-refractivity contribution >= 4 is 15.7 Å². The van der Waals surface area contributed by atoms with E-state index in [4.69, 9.17) is 5.11 Å². The highest BCUT2D eigenvalue weighted by Crippen LogP contribution is 2.18. The number of hydrogen-bond acceptors (Lipinski definition) is 3. The summed E-state index contributed by atoms with van der Waals surface area (Å²) in [7, 11) is -3.35. The first-order chi connectivity index (χ1) is 9.22. The maximum absolute atomic E-state index is 11.9. The van der Waals surface area contributed by atoms with Gasteiger partial charge in [-0.25, -0.2) is 8.42 Å². The van der Waals surface area contributed by atoms with Gasteiger partial charge in [0.15, 0.2) is 0 Å². The van der Waals surface area contributed by atoms with Gasteiger partial charge in [-0.2, -0.15) is 0 Å². The predicted molar refractivity (Wildman–Crippen MR) is 81.9 cm³/mol. The summed E-state index contributed by atoms with van der Waals surface area (Å²) in [5.74, 6) is 5.77. The lowest BCUT2D eigenvalue weighted by Gasteiger charge is -2.18. The molecule has 0 radical (unpaired) electrons. The second-order valence-electron chi connectivity index (χ2n) is 5.77. The molecule has 0 aromatic heterocycles. The molecule has 1 aromatic carbocycles. The summed E-state index contributed by atoms with van der Waals surface area (Å²) < 4.78 is 26.4. The number of sulfonamides is 1. The molecule has 0 unspecified atom stereocenters. The Morgan fingerprint density at radius 2 is 1.80 bits per heavy atom. The summed E-state index contributed by atoms with van der Waals surface area (Å²) in [6, 6.07) is 6.87. The fourth-order valence-corrected chi connectivity index (χ4v) is 3.34. The lowest BCUT2D eigenvalue weighted by Crippen LogP contribution is -2.26. The van der Waals surface area contributed by atoms with Crippen molar-refractivity contribution in [1.82, 2.24) is 0 Å². The summed E-state index contributed by atoms with van der Waals surface area (Å²) in [6.45, 7) is 5.68. The van der Waals surface area contributed by atoms with Crippen LogP contribution in [0.4, 0.5) is 5.69 Å². The van der Waals surface area contributed by atoms with Crippen molar-refractivity contribution in [2.24, 2.45) is 5.41 Å². The third-order valence-electron chi connectivity index (χ3n) is 2.25. The minimum absolute atomic E-state index is 0.0394. The van der Waals surface area contributed by atoms with Gasteiger partial charge in [-0.15, -0.1) is 0 Å². The molecular weight excluding hydrogens is 274 g/mol. The van der Waals surface area contributed by atoms with Crippen LogP contribution >= 0.6 is 0 Å². The van der Waals surface area contributed by atoms with Crippen LogP contribution < -0.4 is 4.72 Å². The second-order valence-corrected chi connectivity index (χ2v) is 7.50. The number of rotatable bonds is 4. The molecule has 1 rings (SSSR count). The van der Waals surface area contributed by atoms with Gasteiger partial charge in [0.05, 0.1) is 12.4 Å². The Balaban J connectivity index is 2.73. The Bertz CT molecular complexity index is 587. The molecule has 0 heterocycles. The number of aliphatic hydroxyl groups is 1. The molecule has 0 amide bonds. The van der Waals surface area contributed by atoms with E-state index in [-0.39, 0.29) is 17.8 Å². The highest BCUT2D eigenvalue weighted by atomic mass is 32.2. The highest BCUT2D eigenvalue weighted by Gasteiger charge is 2.21. The zero-order valence-corrected chi connectivity index (χ0v) is 12.9. The average molecular weight is 295 g/mol. The van der Waals surface area contributed by atoms with Crippen LogP contribution in [0, 0.1) is 17.3 Å². The van der Waals surface area contributed by atoms with Crippen molar-refractivity contribution in [3.63, 3.8) is 0 Å². The number of nitrogens with one attached hydrogen (secondary N) is 1. The van der Waals surface area contributed by atoms with Crippen LogP contribution in [-0.2, 0) is 10.0 Å². The molecule has 0 saturated carbocycles. The standard InChI is InChI=1S/C15H21NO3S/c1-15(2,3)12-20(18,19)16-14-9-7-13(8-10-14)6-4-5-11-17/h7-10,16-17H,5,11-12H2,1-3H3. The van der Waals surface area contributed by atoms with E-state index in [0.29, 0.717) is 12.1 Å². The maximum atomic E-state index is 11.9. The van der Waals surface area contributed by atoms with Gasteiger partial charge in [-0.3, -0.25) is 4.72 Å². The molecule has 2 N–H and O–H groups in total. The van der Waals surface area contributed by atoms with Crippen LogP contribution in [-0.4, -0.2) is 25.9 Å². The topological polar surface area (TPSA) is 66.4 Å². The summed E-state index contributed by atoms with van der Waals surface area (Å²) >= 11 is 0. The van der Waals surface area contributed by atoms with Gasteiger partial charge in [-0.05, 0) is 29.7 Å². The van der Waals surface area contributed by atoms with Crippen LogP contribution in [0.2, 0.25) is 0 Å². The minimum atomic E-state index is -3.35. The third kappa shape index (κ3) is 6.60. The van der Waals surface area contributed by atoms with Gasteiger partial charge in [0, 0.05) is 17.7 Å². The Hall–Kier alpha value is -1.51. The van der Waals surface area contributed by atoms with Gasteiger partial charge in [0.1, 0.15) is 0 Å². The van der Waals surface area contributed by atoms with Crippen LogP contribution in [0.1, 0.15) is 32.8 Å². The summed E-state index contributed by atoms with van der Waals surface area (Å²) in [4.78, 5) is 0. The first-order valence-electron chi connectivity index (χ1n) is 6.42. The van der Waals surface area contributed by atoms with Crippen LogP contribution in [0.3, 0.4) is 0 Å². The van der Waals surface area contributed by atoms with Gasteiger partial charge in [-0.1, -0.05) is 32.6 Å². The first kappa shape index (κ1) is 16.5. The molecule has 0 bridgehead atoms. The van der Waals surface area contributed by atoms with Crippen molar-refractivity contribution < 1.29 is 13.5 Å². The van der Waals surface area contributed by atoms with E-state index in [2.05, 4.69) is 16.6 Å². The van der Waals surface area contributed by atoms with Crippen LogP contribution in [0.15, 0.2) is 24.3 Å². The molecule has 0 aliphatic heterocycles. The number of anilines is 1. The zero-order valence-electron chi connectivity index (χ0n) is 12.1. The molecule has 0 atom stereocenters. The highest BCUT2D eigenvalue weighted by molar-refractivity contribution is 7.92. The number of aliphatic hydroxyl groups excluding tert-OH is 1. The Kier molecular flexibility index (Phi) is 5.61. The summed E-state index contributed by atoms with van der Waals surface area (Å²) in [5.41, 5.74) is 1.03. The number of hydrogen-bond donors (Lipinski definition) is 2. The molecule has 0 aliphatic rings. The molecule has 0 aliphatic carbocycles. The molecule has 0 spiro atoms. The van der Waals surface area contributed by atoms with Crippen molar-refractivity contribution in [3.8, 4) is 11.8 Å². The van der Waals surface area contributed by atoms with Crippen molar-refractivity contribution in [3.05, 3.63) is 29.8 Å². The van der Waals surface area contributed by atoms with E-state index in [1.807, 2.05) is 20.8 Å². The quantitative estimate of drug-likeness (QED) is 0.837. The SMILES string of the molecule is CC(C)(C)CS(=O)(=O)Nc1ccc(C#CCCO)cc1. The fraction of sp³-hybridized carbons (Fsp3) is 0.467. The Morgan fingerprint density at radius 3 is 2.30 bits per heavy atom. The van der Waals surface area contributed by atoms with E-state index in [0.717, 1.165) is 5.56 Å². The smallest absolute Gasteiger partial charge is 0.233 e. The van der Waals surface area contributed by atoms with Crippen molar-refractivity contribution in [2.45, 2.75) is 27.2 Å². The van der Waals surface area contributed by atoms with Gasteiger partial charge in [0.25, 0.3) is 0 Å². The van der Waals surface area contributed by atoms with E-state index < -0.39 is 10.0 Å². The largest absolute Gasteiger partial charge is 0.395 e. The van der Waals surface area contributed by atoms with E-state index in [1.165, 1.54) is 0 Å². The Morgan fingerprint density at radius 1 is 1.20 bits per heavy atom. The van der Waals surface area contributed by atoms with Gasteiger partial charge >= 0.3 is 0 Å². The molecular formula is C15H21NO3S. The monoisotopic (exact) mass is 295 g/mol. The minimum Gasteiger partial charge on any atom is -0.395 e. The zero-order chi connectivity index (χ0) is 15.2. The van der Waals surface area contributed by atoms with E-state index in [1.54, 1.807) is 24.3 Å². The van der Waals surface area contributed by atoms with Crippen LogP contribution in [0.5, 0.6) is 0 Å². The molecule has 110 valence electrons. The summed E-state index contributed by atoms with van der Waals surface area (Å²) in [5, 5.41) is 8.63. The molecule has 5 heteroatoms. The lowest BCUT2D eigenvalue weighted by atomic mass is 10.0. The van der Waals surface area contributed by atoms with Gasteiger partial charge in [0.2, 0.25) is 10.0 Å². The third-order valence-corrected chi connectivity index (χ3v) is 4.04. The van der Waals surface area contributed by atoms with Gasteiger partial charge < -0.3 is 5.11 Å². The molecule has 20 heavy (non-hydrogen) atoms. The lowest BCUT2D eigenvalue weighted by molar-refractivity contribution is 0.305. The van der Waals surface area contributed by atoms with E-state index in [9.17, 15) is 8.42 Å². The van der Waals surface area contributed by atoms with Crippen molar-refractivity contribution in [1.29, 1.82) is 0 Å². The normalized spacial score (nSPS) is 11.6. The Labute approximate surface area is 121 Å². The molecule has 4 nitrogen and oxygen atoms in total. The fourth-order valence-electron chi connectivity index (χ4n) is 1.63. The number of benzene rings is 1. The molecule has 0 saturated heterocycles. The molecule has 0 fully saturated rings. The van der Waals surface area contributed by atoms with Crippen LogP contribution in [0.25, 0.3) is 0 Å². The van der Waals surface area contributed by atoms with E-state index >= 15 is 0 Å². The second kappa shape index (κ2) is 6.78. The summed E-state index contributed by atoms with van der Waals surface area (Å²) in [6.07, 6.45) is 0.431. The molecule has 1 aromatic rings. The predicted octanol–water partition coefficient (Wildman–Crippen LogP) is 2.21. The first-order valence-corrected chi connectivity index (χ1v) is 8.07. The van der Waals surface area contributed by atoms with Crippen molar-refractivity contribution in [2.75, 3.05) is 17.1 Å². The maximum Gasteiger partial charge on any atom is 0.233 e.